The zero-order chi connectivity index (χ0) is 13.8. The van der Waals surface area contributed by atoms with Crippen LogP contribution in [0.2, 0.25) is 0 Å². The molecule has 1 fully saturated rings. The predicted molar refractivity (Wildman–Crippen MR) is 79.9 cm³/mol. The lowest BCUT2D eigenvalue weighted by molar-refractivity contribution is 0.213. The fourth-order valence-electron chi connectivity index (χ4n) is 2.55. The minimum absolute atomic E-state index is 0.617. The van der Waals surface area contributed by atoms with Crippen molar-refractivity contribution in [3.8, 4) is 0 Å². The number of hydrogen-bond acceptors (Lipinski definition) is 5. The van der Waals surface area contributed by atoms with Crippen molar-refractivity contribution in [2.24, 2.45) is 0 Å². The zero-order valence-corrected chi connectivity index (χ0v) is 12.5. The van der Waals surface area contributed by atoms with E-state index in [1.807, 2.05) is 6.92 Å². The Bertz CT molecular complexity index is 420. The second kappa shape index (κ2) is 6.19. The summed E-state index contributed by atoms with van der Waals surface area (Å²) in [7, 11) is 2.21. The summed E-state index contributed by atoms with van der Waals surface area (Å²) in [5, 5.41) is 3.20. The van der Waals surface area contributed by atoms with Crippen LogP contribution >= 0.6 is 0 Å². The number of nitrogens with zero attached hydrogens (tertiary/aromatic N) is 4. The molecule has 0 bridgehead atoms. The minimum atomic E-state index is 0.617. The maximum absolute atomic E-state index is 4.63. The van der Waals surface area contributed by atoms with Gasteiger partial charge in [-0.1, -0.05) is 6.92 Å². The van der Waals surface area contributed by atoms with E-state index < -0.39 is 0 Å². The molecule has 0 radical (unpaired) electrons. The van der Waals surface area contributed by atoms with Crippen LogP contribution in [0.5, 0.6) is 0 Å². The molecule has 0 aliphatic carbocycles. The molecule has 106 valence electrons. The van der Waals surface area contributed by atoms with E-state index in [0.29, 0.717) is 6.04 Å². The third-order valence-corrected chi connectivity index (χ3v) is 3.75. The molecule has 1 aliphatic rings. The molecule has 1 N–H and O–H groups in total. The van der Waals surface area contributed by atoms with Crippen LogP contribution in [0.15, 0.2) is 6.07 Å². The topological polar surface area (TPSA) is 44.3 Å². The molecule has 2 rings (SSSR count). The summed E-state index contributed by atoms with van der Waals surface area (Å²) >= 11 is 0. The van der Waals surface area contributed by atoms with Gasteiger partial charge in [-0.3, -0.25) is 4.90 Å². The Morgan fingerprint density at radius 1 is 1.32 bits per heavy atom. The highest BCUT2D eigenvalue weighted by Crippen LogP contribution is 2.19. The molecule has 1 atom stereocenters. The summed E-state index contributed by atoms with van der Waals surface area (Å²) in [6.07, 6.45) is 1.18. The number of anilines is 2. The van der Waals surface area contributed by atoms with Gasteiger partial charge in [-0.2, -0.15) is 4.98 Å². The monoisotopic (exact) mass is 263 g/mol. The van der Waals surface area contributed by atoms with Gasteiger partial charge in [0.15, 0.2) is 0 Å². The fourth-order valence-corrected chi connectivity index (χ4v) is 2.55. The van der Waals surface area contributed by atoms with Gasteiger partial charge in [0, 0.05) is 44.0 Å². The highest BCUT2D eigenvalue weighted by molar-refractivity contribution is 5.45. The minimum Gasteiger partial charge on any atom is -0.354 e. The van der Waals surface area contributed by atoms with E-state index in [1.165, 1.54) is 6.42 Å². The second-order valence-corrected chi connectivity index (χ2v) is 5.21. The smallest absolute Gasteiger partial charge is 0.224 e. The lowest BCUT2D eigenvalue weighted by Gasteiger charge is -2.39. The van der Waals surface area contributed by atoms with E-state index in [-0.39, 0.29) is 0 Å². The molecule has 1 unspecified atom stereocenters. The molecular formula is C14H25N5. The molecule has 0 aromatic carbocycles. The number of rotatable bonds is 4. The van der Waals surface area contributed by atoms with Crippen molar-refractivity contribution in [3.05, 3.63) is 11.8 Å². The Morgan fingerprint density at radius 3 is 2.79 bits per heavy atom. The molecule has 0 spiro atoms. The molecule has 1 aliphatic heterocycles. The van der Waals surface area contributed by atoms with E-state index >= 15 is 0 Å². The van der Waals surface area contributed by atoms with Gasteiger partial charge < -0.3 is 10.2 Å². The van der Waals surface area contributed by atoms with Gasteiger partial charge in [-0.15, -0.1) is 0 Å². The van der Waals surface area contributed by atoms with Gasteiger partial charge in [0.05, 0.1) is 0 Å². The molecule has 19 heavy (non-hydrogen) atoms. The Balaban J connectivity index is 2.17. The first kappa shape index (κ1) is 14.1. The third kappa shape index (κ3) is 3.35. The highest BCUT2D eigenvalue weighted by atomic mass is 15.3. The van der Waals surface area contributed by atoms with Gasteiger partial charge in [0.25, 0.3) is 0 Å². The van der Waals surface area contributed by atoms with Gasteiger partial charge in [0.2, 0.25) is 5.95 Å². The molecule has 5 nitrogen and oxygen atoms in total. The second-order valence-electron chi connectivity index (χ2n) is 5.21. The van der Waals surface area contributed by atoms with Crippen LogP contribution in [0, 0.1) is 6.92 Å². The normalized spacial score (nSPS) is 20.6. The maximum atomic E-state index is 4.63. The van der Waals surface area contributed by atoms with Crippen molar-refractivity contribution in [1.29, 1.82) is 0 Å². The number of piperazine rings is 1. The number of nitrogens with one attached hydrogen (secondary N) is 1. The van der Waals surface area contributed by atoms with E-state index in [2.05, 4.69) is 52.0 Å². The third-order valence-electron chi connectivity index (χ3n) is 3.75. The molecule has 1 aromatic heterocycles. The Hall–Kier alpha value is -1.36. The van der Waals surface area contributed by atoms with Crippen molar-refractivity contribution < 1.29 is 0 Å². The zero-order valence-electron chi connectivity index (χ0n) is 12.5. The standard InChI is InChI=1S/C14H25N5/c1-5-12-10-19(8-7-18(12)4)13-9-11(3)16-14(17-13)15-6-2/h9,12H,5-8,10H2,1-4H3,(H,15,16,17). The van der Waals surface area contributed by atoms with Crippen LogP contribution < -0.4 is 10.2 Å². The van der Waals surface area contributed by atoms with Gasteiger partial charge in [0.1, 0.15) is 5.82 Å². The summed E-state index contributed by atoms with van der Waals surface area (Å²) in [5.41, 5.74) is 1.02. The van der Waals surface area contributed by atoms with Gasteiger partial charge >= 0.3 is 0 Å². The molecule has 2 heterocycles. The largest absolute Gasteiger partial charge is 0.354 e. The molecule has 1 saturated heterocycles. The average molecular weight is 263 g/mol. The summed E-state index contributed by atoms with van der Waals surface area (Å²) in [6.45, 7) is 10.4. The van der Waals surface area contributed by atoms with E-state index in [4.69, 9.17) is 0 Å². The SMILES string of the molecule is CCNc1nc(C)cc(N2CCN(C)C(CC)C2)n1. The van der Waals surface area contributed by atoms with Crippen LogP contribution in [0.4, 0.5) is 11.8 Å². The van der Waals surface area contributed by atoms with E-state index in [9.17, 15) is 0 Å². The summed E-state index contributed by atoms with van der Waals surface area (Å²) in [6, 6.07) is 2.70. The fraction of sp³-hybridized carbons (Fsp3) is 0.714. The molecular weight excluding hydrogens is 238 g/mol. The number of aryl methyl sites for hydroxylation is 1. The van der Waals surface area contributed by atoms with Crippen LogP contribution in [-0.2, 0) is 0 Å². The molecule has 5 heteroatoms. The lowest BCUT2D eigenvalue weighted by Crippen LogP contribution is -2.51. The molecule has 1 aromatic rings. The number of aromatic nitrogens is 2. The van der Waals surface area contributed by atoms with E-state index in [1.54, 1.807) is 0 Å². The summed E-state index contributed by atoms with van der Waals surface area (Å²) in [5.74, 6) is 1.79. The molecule has 0 amide bonds. The summed E-state index contributed by atoms with van der Waals surface area (Å²) in [4.78, 5) is 13.9. The lowest BCUT2D eigenvalue weighted by atomic mass is 10.1. The summed E-state index contributed by atoms with van der Waals surface area (Å²) < 4.78 is 0. The Morgan fingerprint density at radius 2 is 2.11 bits per heavy atom. The van der Waals surface area contributed by atoms with Gasteiger partial charge in [-0.25, -0.2) is 4.98 Å². The first-order valence-electron chi connectivity index (χ1n) is 7.18. The van der Waals surface area contributed by atoms with Crippen LogP contribution in [0.1, 0.15) is 26.0 Å². The highest BCUT2D eigenvalue weighted by Gasteiger charge is 2.24. The van der Waals surface area contributed by atoms with Crippen molar-refractivity contribution in [2.75, 3.05) is 43.4 Å². The molecule has 0 saturated carbocycles. The van der Waals surface area contributed by atoms with Crippen molar-refractivity contribution in [3.63, 3.8) is 0 Å². The van der Waals surface area contributed by atoms with Crippen molar-refractivity contribution >= 4 is 11.8 Å². The van der Waals surface area contributed by atoms with E-state index in [0.717, 1.165) is 43.6 Å². The van der Waals surface area contributed by atoms with Crippen LogP contribution in [-0.4, -0.2) is 54.1 Å². The van der Waals surface area contributed by atoms with Crippen molar-refractivity contribution in [2.45, 2.75) is 33.2 Å². The Labute approximate surface area is 116 Å². The maximum Gasteiger partial charge on any atom is 0.224 e. The van der Waals surface area contributed by atoms with Crippen molar-refractivity contribution in [1.82, 2.24) is 14.9 Å². The first-order valence-corrected chi connectivity index (χ1v) is 7.18. The van der Waals surface area contributed by atoms with Crippen LogP contribution in [0.3, 0.4) is 0 Å². The Kier molecular flexibility index (Phi) is 4.58. The van der Waals surface area contributed by atoms with Crippen LogP contribution in [0.25, 0.3) is 0 Å². The van der Waals surface area contributed by atoms with Gasteiger partial charge in [-0.05, 0) is 27.3 Å². The first-order chi connectivity index (χ1) is 9.13. The number of likely N-dealkylation sites (N-methyl/N-ethyl adjacent to an activating group) is 1. The quantitative estimate of drug-likeness (QED) is 0.896. The number of hydrogen-bond donors (Lipinski definition) is 1. The average Bonchev–Trinajstić information content (AvgIpc) is 2.39. The predicted octanol–water partition coefficient (Wildman–Crippen LogP) is 1.75.